The number of hydrogen-bond acceptors (Lipinski definition) is 4. The van der Waals surface area contributed by atoms with Gasteiger partial charge in [-0.25, -0.2) is 0 Å². The van der Waals surface area contributed by atoms with Crippen LogP contribution >= 0.6 is 23.4 Å². The van der Waals surface area contributed by atoms with Crippen LogP contribution in [0, 0.1) is 11.3 Å². The summed E-state index contributed by atoms with van der Waals surface area (Å²) in [7, 11) is 1.62. The van der Waals surface area contributed by atoms with Gasteiger partial charge in [0.15, 0.2) is 0 Å². The summed E-state index contributed by atoms with van der Waals surface area (Å²) >= 11 is 7.74. The number of thioether (sulfide) groups is 1. The minimum atomic E-state index is 0.560. The van der Waals surface area contributed by atoms with Crippen LogP contribution in [0.4, 0.5) is 5.69 Å². The van der Waals surface area contributed by atoms with Crippen molar-refractivity contribution >= 4 is 29.1 Å². The lowest BCUT2D eigenvalue weighted by molar-refractivity contribution is 0.414. The van der Waals surface area contributed by atoms with E-state index in [1.165, 1.54) is 0 Å². The van der Waals surface area contributed by atoms with Crippen molar-refractivity contribution in [2.24, 2.45) is 0 Å². The van der Waals surface area contributed by atoms with E-state index in [-0.39, 0.29) is 0 Å². The molecule has 0 aliphatic rings. The van der Waals surface area contributed by atoms with Crippen LogP contribution in [0.25, 0.3) is 0 Å². The van der Waals surface area contributed by atoms with E-state index in [2.05, 4.69) is 6.07 Å². The fourth-order valence-electron chi connectivity index (χ4n) is 1.66. The SMILES string of the molecule is COc1ccc(N)c(SCc2ccc(C#N)cc2Cl)c1. The number of nitrogens with zero attached hydrogens (tertiary/aromatic N) is 1. The molecule has 0 atom stereocenters. The number of nitriles is 1. The van der Waals surface area contributed by atoms with Gasteiger partial charge in [0.05, 0.1) is 18.7 Å². The van der Waals surface area contributed by atoms with Crippen LogP contribution in [-0.4, -0.2) is 7.11 Å². The van der Waals surface area contributed by atoms with Crippen LogP contribution in [0.1, 0.15) is 11.1 Å². The summed E-state index contributed by atoms with van der Waals surface area (Å²) in [5, 5.41) is 9.41. The van der Waals surface area contributed by atoms with Gasteiger partial charge in [-0.2, -0.15) is 5.26 Å². The van der Waals surface area contributed by atoms with Crippen LogP contribution in [0.5, 0.6) is 5.75 Å². The first-order valence-corrected chi connectivity index (χ1v) is 7.25. The van der Waals surface area contributed by atoms with E-state index in [4.69, 9.17) is 27.3 Å². The molecule has 0 aliphatic carbocycles. The van der Waals surface area contributed by atoms with Gasteiger partial charge in [0.1, 0.15) is 5.75 Å². The second kappa shape index (κ2) is 6.56. The molecule has 0 radical (unpaired) electrons. The van der Waals surface area contributed by atoms with Gasteiger partial charge in [0.25, 0.3) is 0 Å². The van der Waals surface area contributed by atoms with E-state index in [1.807, 2.05) is 24.3 Å². The fourth-order valence-corrected chi connectivity index (χ4v) is 2.98. The maximum Gasteiger partial charge on any atom is 0.120 e. The third-order valence-electron chi connectivity index (χ3n) is 2.79. The predicted octanol–water partition coefficient (Wildman–Crippen LogP) is 4.09. The van der Waals surface area contributed by atoms with E-state index in [1.54, 1.807) is 31.0 Å². The Hall–Kier alpha value is -1.83. The normalized spacial score (nSPS) is 10.1. The highest BCUT2D eigenvalue weighted by atomic mass is 35.5. The molecule has 0 amide bonds. The maximum absolute atomic E-state index is 8.81. The van der Waals surface area contributed by atoms with Crippen molar-refractivity contribution in [2.75, 3.05) is 12.8 Å². The molecule has 0 spiro atoms. The van der Waals surface area contributed by atoms with Gasteiger partial charge < -0.3 is 10.5 Å². The number of methoxy groups -OCH3 is 1. The van der Waals surface area contributed by atoms with Crippen LogP contribution in [-0.2, 0) is 5.75 Å². The second-order valence-corrected chi connectivity index (χ2v) is 5.53. The first-order chi connectivity index (χ1) is 9.63. The van der Waals surface area contributed by atoms with Crippen molar-refractivity contribution in [1.29, 1.82) is 5.26 Å². The molecule has 3 nitrogen and oxygen atoms in total. The van der Waals surface area contributed by atoms with E-state index < -0.39 is 0 Å². The third-order valence-corrected chi connectivity index (χ3v) is 4.26. The second-order valence-electron chi connectivity index (χ2n) is 4.11. The molecule has 2 aromatic rings. The van der Waals surface area contributed by atoms with Crippen LogP contribution < -0.4 is 10.5 Å². The van der Waals surface area contributed by atoms with Crippen LogP contribution in [0.3, 0.4) is 0 Å². The predicted molar refractivity (Wildman–Crippen MR) is 83.1 cm³/mol. The molecule has 102 valence electrons. The fraction of sp³-hybridized carbons (Fsp3) is 0.133. The zero-order chi connectivity index (χ0) is 14.5. The molecule has 0 bridgehead atoms. The summed E-state index contributed by atoms with van der Waals surface area (Å²) in [5.74, 6) is 1.45. The summed E-state index contributed by atoms with van der Waals surface area (Å²) in [6.45, 7) is 0. The van der Waals surface area contributed by atoms with Gasteiger partial charge in [-0.05, 0) is 35.9 Å². The Balaban J connectivity index is 2.15. The monoisotopic (exact) mass is 304 g/mol. The molecule has 0 unspecified atom stereocenters. The third kappa shape index (κ3) is 3.38. The van der Waals surface area contributed by atoms with Gasteiger partial charge in [-0.1, -0.05) is 17.7 Å². The molecular weight excluding hydrogens is 292 g/mol. The van der Waals surface area contributed by atoms with E-state index in [0.29, 0.717) is 22.0 Å². The van der Waals surface area contributed by atoms with E-state index >= 15 is 0 Å². The lowest BCUT2D eigenvalue weighted by atomic mass is 10.2. The molecule has 0 aliphatic heterocycles. The Kier molecular flexibility index (Phi) is 4.78. The average molecular weight is 305 g/mol. The van der Waals surface area contributed by atoms with Gasteiger partial charge in [-0.3, -0.25) is 0 Å². The molecule has 0 fully saturated rings. The molecule has 2 aromatic carbocycles. The highest BCUT2D eigenvalue weighted by Gasteiger charge is 2.06. The quantitative estimate of drug-likeness (QED) is 0.682. The van der Waals surface area contributed by atoms with Gasteiger partial charge in [-0.15, -0.1) is 11.8 Å². The summed E-state index contributed by atoms with van der Waals surface area (Å²) in [6.07, 6.45) is 0. The van der Waals surface area contributed by atoms with Crippen molar-refractivity contribution in [3.8, 4) is 11.8 Å². The number of rotatable bonds is 4. The summed E-state index contributed by atoms with van der Waals surface area (Å²) in [6, 6.07) is 12.9. The summed E-state index contributed by atoms with van der Waals surface area (Å²) < 4.78 is 5.18. The Morgan fingerprint density at radius 1 is 1.30 bits per heavy atom. The number of ether oxygens (including phenoxy) is 1. The summed E-state index contributed by atoms with van der Waals surface area (Å²) in [4.78, 5) is 0.949. The molecule has 5 heteroatoms. The van der Waals surface area contributed by atoms with Crippen molar-refractivity contribution in [3.05, 3.63) is 52.5 Å². The molecule has 0 saturated heterocycles. The van der Waals surface area contributed by atoms with Crippen LogP contribution in [0.15, 0.2) is 41.3 Å². The first-order valence-electron chi connectivity index (χ1n) is 5.89. The zero-order valence-electron chi connectivity index (χ0n) is 10.9. The van der Waals surface area contributed by atoms with Gasteiger partial charge in [0.2, 0.25) is 0 Å². The minimum absolute atomic E-state index is 0.560. The van der Waals surface area contributed by atoms with Crippen molar-refractivity contribution in [1.82, 2.24) is 0 Å². The number of hydrogen-bond donors (Lipinski definition) is 1. The highest BCUT2D eigenvalue weighted by Crippen LogP contribution is 2.33. The lowest BCUT2D eigenvalue weighted by Crippen LogP contribution is -1.91. The molecular formula is C15H13ClN2OS. The number of nitrogen functional groups attached to an aromatic ring is 1. The zero-order valence-corrected chi connectivity index (χ0v) is 12.5. The number of benzene rings is 2. The summed E-state index contributed by atoms with van der Waals surface area (Å²) in [5.41, 5.74) is 8.18. The Morgan fingerprint density at radius 2 is 2.10 bits per heavy atom. The molecule has 20 heavy (non-hydrogen) atoms. The first kappa shape index (κ1) is 14.6. The largest absolute Gasteiger partial charge is 0.497 e. The van der Waals surface area contributed by atoms with Gasteiger partial charge >= 0.3 is 0 Å². The lowest BCUT2D eigenvalue weighted by Gasteiger charge is -2.09. The number of halogens is 1. The Morgan fingerprint density at radius 3 is 2.75 bits per heavy atom. The molecule has 0 heterocycles. The topological polar surface area (TPSA) is 59.0 Å². The van der Waals surface area contributed by atoms with Crippen molar-refractivity contribution < 1.29 is 4.74 Å². The number of nitrogens with two attached hydrogens (primary N) is 1. The number of anilines is 1. The van der Waals surface area contributed by atoms with E-state index in [0.717, 1.165) is 16.2 Å². The highest BCUT2D eigenvalue weighted by molar-refractivity contribution is 7.98. The standard InChI is InChI=1S/C15H13ClN2OS/c1-19-12-4-5-14(18)15(7-12)20-9-11-3-2-10(8-17)6-13(11)16/h2-7H,9,18H2,1H3. The minimum Gasteiger partial charge on any atom is -0.497 e. The molecule has 0 saturated carbocycles. The molecule has 2 rings (SSSR count). The molecule has 2 N–H and O–H groups in total. The maximum atomic E-state index is 8.81. The Labute approximate surface area is 127 Å². The van der Waals surface area contributed by atoms with E-state index in [9.17, 15) is 0 Å². The van der Waals surface area contributed by atoms with Crippen molar-refractivity contribution in [2.45, 2.75) is 10.6 Å². The molecule has 0 aromatic heterocycles. The van der Waals surface area contributed by atoms with Crippen molar-refractivity contribution in [3.63, 3.8) is 0 Å². The van der Waals surface area contributed by atoms with Crippen LogP contribution in [0.2, 0.25) is 5.02 Å². The smallest absolute Gasteiger partial charge is 0.120 e. The Bertz CT molecular complexity index is 667. The van der Waals surface area contributed by atoms with Gasteiger partial charge in [0, 0.05) is 21.4 Å². The average Bonchev–Trinajstić information content (AvgIpc) is 2.47.